The molecular weight excluding hydrogens is 314 g/mol. The normalized spacial score (nSPS) is 21.2. The molecule has 1 aliphatic heterocycles. The van der Waals surface area contributed by atoms with Crippen molar-refractivity contribution < 1.29 is 19.4 Å². The zero-order valence-corrected chi connectivity index (χ0v) is 13.5. The molecule has 0 bridgehead atoms. The molecule has 0 saturated carbocycles. The van der Waals surface area contributed by atoms with E-state index in [9.17, 15) is 9.59 Å². The Labute approximate surface area is 138 Å². The summed E-state index contributed by atoms with van der Waals surface area (Å²) >= 11 is 1.01. The van der Waals surface area contributed by atoms with Crippen molar-refractivity contribution >= 4 is 23.2 Å². The second kappa shape index (κ2) is 6.52. The lowest BCUT2D eigenvalue weighted by Crippen LogP contribution is -2.45. The molecule has 0 radical (unpaired) electrons. The molecule has 23 heavy (non-hydrogen) atoms. The zero-order chi connectivity index (χ0) is 16.4. The Morgan fingerprint density at radius 3 is 2.48 bits per heavy atom. The van der Waals surface area contributed by atoms with E-state index < -0.39 is 5.97 Å². The maximum absolute atomic E-state index is 12.6. The highest BCUT2D eigenvalue weighted by atomic mass is 32.1. The van der Waals surface area contributed by atoms with E-state index >= 15 is 0 Å². The van der Waals surface area contributed by atoms with Crippen LogP contribution in [-0.2, 0) is 4.74 Å². The van der Waals surface area contributed by atoms with Crippen molar-refractivity contribution in [3.8, 4) is 0 Å². The van der Waals surface area contributed by atoms with Gasteiger partial charge in [-0.25, -0.2) is 4.79 Å². The SMILES string of the molecule is CC1CN(C(=O)c2ccc(C(=O)O)s2)CC(c2ccccc2)O1. The average molecular weight is 331 g/mol. The van der Waals surface area contributed by atoms with Crippen molar-refractivity contribution in [1.82, 2.24) is 4.90 Å². The predicted molar refractivity (Wildman–Crippen MR) is 86.9 cm³/mol. The van der Waals surface area contributed by atoms with E-state index in [4.69, 9.17) is 9.84 Å². The smallest absolute Gasteiger partial charge is 0.345 e. The largest absolute Gasteiger partial charge is 0.477 e. The number of hydrogen-bond acceptors (Lipinski definition) is 4. The second-order valence-electron chi connectivity index (χ2n) is 5.53. The molecule has 1 saturated heterocycles. The summed E-state index contributed by atoms with van der Waals surface area (Å²) in [5.74, 6) is -1.15. The third kappa shape index (κ3) is 3.43. The summed E-state index contributed by atoms with van der Waals surface area (Å²) in [5.41, 5.74) is 1.04. The molecule has 1 aromatic heterocycles. The number of aromatic carboxylic acids is 1. The first kappa shape index (κ1) is 15.7. The fraction of sp³-hybridized carbons (Fsp3) is 0.294. The molecule has 0 aliphatic carbocycles. The van der Waals surface area contributed by atoms with Crippen LogP contribution in [-0.4, -0.2) is 41.1 Å². The minimum absolute atomic E-state index is 0.0724. The van der Waals surface area contributed by atoms with E-state index in [0.29, 0.717) is 18.0 Å². The van der Waals surface area contributed by atoms with Crippen LogP contribution in [0.4, 0.5) is 0 Å². The third-order valence-electron chi connectivity index (χ3n) is 3.75. The van der Waals surface area contributed by atoms with Gasteiger partial charge in [0.1, 0.15) is 11.0 Å². The van der Waals surface area contributed by atoms with Gasteiger partial charge >= 0.3 is 5.97 Å². The van der Waals surface area contributed by atoms with Crippen LogP contribution in [0.25, 0.3) is 0 Å². The minimum atomic E-state index is -1.01. The second-order valence-corrected chi connectivity index (χ2v) is 6.61. The highest BCUT2D eigenvalue weighted by molar-refractivity contribution is 7.15. The number of hydrogen-bond donors (Lipinski definition) is 1. The van der Waals surface area contributed by atoms with Crippen LogP contribution in [0.15, 0.2) is 42.5 Å². The molecule has 2 aromatic rings. The summed E-state index contributed by atoms with van der Waals surface area (Å²) in [6.45, 7) is 2.91. The van der Waals surface area contributed by atoms with Gasteiger partial charge in [-0.1, -0.05) is 30.3 Å². The fourth-order valence-corrected chi connectivity index (χ4v) is 3.51. The van der Waals surface area contributed by atoms with Gasteiger partial charge in [0.25, 0.3) is 5.91 Å². The Morgan fingerprint density at radius 1 is 1.13 bits per heavy atom. The lowest BCUT2D eigenvalue weighted by Gasteiger charge is -2.36. The number of carbonyl (C=O) groups excluding carboxylic acids is 1. The molecule has 5 nitrogen and oxygen atoms in total. The Kier molecular flexibility index (Phi) is 4.45. The van der Waals surface area contributed by atoms with E-state index in [0.717, 1.165) is 16.9 Å². The van der Waals surface area contributed by atoms with E-state index in [1.165, 1.54) is 6.07 Å². The Balaban J connectivity index is 1.78. The van der Waals surface area contributed by atoms with Crippen molar-refractivity contribution in [1.29, 1.82) is 0 Å². The molecular formula is C17H17NO4S. The number of nitrogens with zero attached hydrogens (tertiary/aromatic N) is 1. The van der Waals surface area contributed by atoms with Crippen LogP contribution in [0.5, 0.6) is 0 Å². The van der Waals surface area contributed by atoms with Crippen LogP contribution in [0.3, 0.4) is 0 Å². The van der Waals surface area contributed by atoms with Crippen LogP contribution < -0.4 is 0 Å². The summed E-state index contributed by atoms with van der Waals surface area (Å²) in [4.78, 5) is 26.0. The standard InChI is InChI=1S/C17H17NO4S/c1-11-9-18(10-13(22-11)12-5-3-2-4-6-12)16(19)14-7-8-15(23-14)17(20)21/h2-8,11,13H,9-10H2,1H3,(H,20,21). The van der Waals surface area contributed by atoms with Crippen LogP contribution in [0.2, 0.25) is 0 Å². The van der Waals surface area contributed by atoms with Crippen molar-refractivity contribution in [2.24, 2.45) is 0 Å². The maximum Gasteiger partial charge on any atom is 0.345 e. The van der Waals surface area contributed by atoms with Crippen molar-refractivity contribution in [2.75, 3.05) is 13.1 Å². The number of amides is 1. The lowest BCUT2D eigenvalue weighted by molar-refractivity contribution is -0.0690. The van der Waals surface area contributed by atoms with E-state index in [1.807, 2.05) is 37.3 Å². The predicted octanol–water partition coefficient (Wildman–Crippen LogP) is 3.05. The molecule has 1 fully saturated rings. The number of carbonyl (C=O) groups is 2. The molecule has 3 rings (SSSR count). The highest BCUT2D eigenvalue weighted by Crippen LogP contribution is 2.27. The first-order valence-electron chi connectivity index (χ1n) is 7.37. The number of thiophene rings is 1. The molecule has 120 valence electrons. The van der Waals surface area contributed by atoms with Crippen molar-refractivity contribution in [3.05, 3.63) is 57.8 Å². The number of carboxylic acids is 1. The summed E-state index contributed by atoms with van der Waals surface area (Å²) in [6.07, 6.45) is -0.236. The van der Waals surface area contributed by atoms with E-state index in [1.54, 1.807) is 11.0 Å². The average Bonchev–Trinajstić information content (AvgIpc) is 3.04. The van der Waals surface area contributed by atoms with Crippen LogP contribution in [0.1, 0.15) is 37.9 Å². The summed E-state index contributed by atoms with van der Waals surface area (Å²) in [7, 11) is 0. The molecule has 1 aromatic carbocycles. The first-order valence-corrected chi connectivity index (χ1v) is 8.19. The van der Waals surface area contributed by atoms with Gasteiger partial charge in [-0.05, 0) is 24.6 Å². The Bertz CT molecular complexity index is 712. The zero-order valence-electron chi connectivity index (χ0n) is 12.6. The molecule has 1 aliphatic rings. The lowest BCUT2D eigenvalue weighted by atomic mass is 10.1. The molecule has 6 heteroatoms. The Hall–Kier alpha value is -2.18. The van der Waals surface area contributed by atoms with Gasteiger partial charge in [0.05, 0.1) is 17.5 Å². The molecule has 2 atom stereocenters. The monoisotopic (exact) mass is 331 g/mol. The molecule has 1 amide bonds. The molecule has 0 spiro atoms. The highest BCUT2D eigenvalue weighted by Gasteiger charge is 2.30. The van der Waals surface area contributed by atoms with E-state index in [-0.39, 0.29) is 23.0 Å². The number of carboxylic acid groups (broad SMARTS) is 1. The maximum atomic E-state index is 12.6. The topological polar surface area (TPSA) is 66.8 Å². The van der Waals surface area contributed by atoms with Crippen LogP contribution in [0, 0.1) is 0 Å². The van der Waals surface area contributed by atoms with Crippen molar-refractivity contribution in [3.63, 3.8) is 0 Å². The van der Waals surface area contributed by atoms with Gasteiger partial charge in [0.15, 0.2) is 0 Å². The number of benzene rings is 1. The van der Waals surface area contributed by atoms with Gasteiger partial charge in [-0.3, -0.25) is 4.79 Å². The Morgan fingerprint density at radius 2 is 1.83 bits per heavy atom. The fourth-order valence-electron chi connectivity index (χ4n) is 2.69. The van der Waals surface area contributed by atoms with Gasteiger partial charge in [-0.2, -0.15) is 0 Å². The third-order valence-corrected chi connectivity index (χ3v) is 4.81. The molecule has 2 heterocycles. The molecule has 2 unspecified atom stereocenters. The quantitative estimate of drug-likeness (QED) is 0.939. The van der Waals surface area contributed by atoms with Gasteiger partial charge in [0, 0.05) is 6.54 Å². The summed E-state index contributed by atoms with van der Waals surface area (Å²) < 4.78 is 5.95. The number of ether oxygens (including phenoxy) is 1. The van der Waals surface area contributed by atoms with Crippen molar-refractivity contribution in [2.45, 2.75) is 19.1 Å². The van der Waals surface area contributed by atoms with Crippen LogP contribution >= 0.6 is 11.3 Å². The number of morpholine rings is 1. The van der Waals surface area contributed by atoms with Gasteiger partial charge < -0.3 is 14.7 Å². The summed E-state index contributed by atoms with van der Waals surface area (Å²) in [6, 6.07) is 12.9. The summed E-state index contributed by atoms with van der Waals surface area (Å²) in [5, 5.41) is 8.99. The van der Waals surface area contributed by atoms with E-state index in [2.05, 4.69) is 0 Å². The first-order chi connectivity index (χ1) is 11.0. The van der Waals surface area contributed by atoms with Gasteiger partial charge in [-0.15, -0.1) is 11.3 Å². The minimum Gasteiger partial charge on any atom is -0.477 e. The number of rotatable bonds is 3. The van der Waals surface area contributed by atoms with Gasteiger partial charge in [0.2, 0.25) is 0 Å². The molecule has 1 N–H and O–H groups in total.